The largest absolute Gasteiger partial charge is 0.423 e. The van der Waals surface area contributed by atoms with Crippen LogP contribution in [0, 0.1) is 0 Å². The molecule has 0 saturated carbocycles. The number of anilines is 1. The van der Waals surface area contributed by atoms with Crippen molar-refractivity contribution in [2.75, 3.05) is 18.4 Å². The summed E-state index contributed by atoms with van der Waals surface area (Å²) in [7, 11) is -3.84. The number of amides is 1. The molecule has 7 nitrogen and oxygen atoms in total. The van der Waals surface area contributed by atoms with Gasteiger partial charge in [0.2, 0.25) is 10.0 Å². The Balaban J connectivity index is 1.51. The first kappa shape index (κ1) is 25.2. The van der Waals surface area contributed by atoms with Gasteiger partial charge in [-0.3, -0.25) is 4.79 Å². The molecule has 35 heavy (non-hydrogen) atoms. The fraction of sp³-hybridized carbons (Fsp3) is 0.200. The lowest BCUT2D eigenvalue weighted by molar-refractivity contribution is 0.0734. The van der Waals surface area contributed by atoms with Gasteiger partial charge in [-0.25, -0.2) is 13.2 Å². The van der Waals surface area contributed by atoms with Crippen LogP contribution in [0.4, 0.5) is 5.69 Å². The Bertz CT molecular complexity index is 1370. The fourth-order valence-corrected chi connectivity index (χ4v) is 5.96. The molecule has 10 heteroatoms. The zero-order valence-electron chi connectivity index (χ0n) is 18.5. The van der Waals surface area contributed by atoms with Gasteiger partial charge in [-0.05, 0) is 55.3 Å². The summed E-state index contributed by atoms with van der Waals surface area (Å²) in [5, 5.41) is 3.06. The number of benzene rings is 3. The number of nitrogens with one attached hydrogen (secondary N) is 1. The SMILES string of the molecule is O=C(Oc1cccc(NC(=O)c2ccccc2Cl)c1)c1ccc(Cl)c(S(=O)(=O)N2CCCCC2)c1. The first-order valence-electron chi connectivity index (χ1n) is 10.9. The normalized spacial score (nSPS) is 14.3. The van der Waals surface area contributed by atoms with Gasteiger partial charge >= 0.3 is 5.97 Å². The van der Waals surface area contributed by atoms with Crippen LogP contribution in [0.2, 0.25) is 10.0 Å². The second kappa shape index (κ2) is 10.8. The second-order valence-electron chi connectivity index (χ2n) is 7.96. The van der Waals surface area contributed by atoms with Gasteiger partial charge in [-0.2, -0.15) is 4.31 Å². The molecular weight excluding hydrogens is 511 g/mol. The van der Waals surface area contributed by atoms with E-state index in [-0.39, 0.29) is 21.2 Å². The van der Waals surface area contributed by atoms with Crippen LogP contribution in [0.15, 0.2) is 71.6 Å². The average Bonchev–Trinajstić information content (AvgIpc) is 2.85. The highest BCUT2D eigenvalue weighted by molar-refractivity contribution is 7.89. The number of carbonyl (C=O) groups is 2. The maximum absolute atomic E-state index is 13.1. The molecule has 0 atom stereocenters. The highest BCUT2D eigenvalue weighted by Crippen LogP contribution is 2.29. The molecule has 0 aromatic heterocycles. The zero-order chi connectivity index (χ0) is 25.0. The summed E-state index contributed by atoms with van der Waals surface area (Å²) in [4.78, 5) is 25.2. The highest BCUT2D eigenvalue weighted by Gasteiger charge is 2.29. The Morgan fingerprint density at radius 2 is 1.60 bits per heavy atom. The molecular formula is C25H22Cl2N2O5S. The van der Waals surface area contributed by atoms with E-state index < -0.39 is 21.9 Å². The van der Waals surface area contributed by atoms with Crippen molar-refractivity contribution >= 4 is 50.8 Å². The van der Waals surface area contributed by atoms with Gasteiger partial charge < -0.3 is 10.1 Å². The van der Waals surface area contributed by atoms with E-state index in [9.17, 15) is 18.0 Å². The molecule has 0 unspecified atom stereocenters. The van der Waals surface area contributed by atoms with Crippen molar-refractivity contribution in [3.8, 4) is 5.75 Å². The summed E-state index contributed by atoms with van der Waals surface area (Å²) in [6.45, 7) is 0.833. The summed E-state index contributed by atoms with van der Waals surface area (Å²) in [5.41, 5.74) is 0.736. The van der Waals surface area contributed by atoms with E-state index in [0.717, 1.165) is 19.3 Å². The monoisotopic (exact) mass is 532 g/mol. The van der Waals surface area contributed by atoms with Crippen LogP contribution in [0.3, 0.4) is 0 Å². The third kappa shape index (κ3) is 5.85. The Morgan fingerprint density at radius 3 is 2.34 bits per heavy atom. The first-order chi connectivity index (χ1) is 16.8. The molecule has 3 aromatic carbocycles. The summed E-state index contributed by atoms with van der Waals surface area (Å²) in [5.74, 6) is -1.00. The van der Waals surface area contributed by atoms with Gasteiger partial charge in [-0.15, -0.1) is 0 Å². The number of hydrogen-bond acceptors (Lipinski definition) is 5. The van der Waals surface area contributed by atoms with E-state index in [1.165, 1.54) is 28.6 Å². The Morgan fingerprint density at radius 1 is 0.857 bits per heavy atom. The second-order valence-corrected chi connectivity index (χ2v) is 10.7. The van der Waals surface area contributed by atoms with E-state index in [2.05, 4.69) is 5.32 Å². The minimum absolute atomic E-state index is 0.0375. The molecule has 182 valence electrons. The molecule has 3 aromatic rings. The standard InChI is InChI=1S/C25H22Cl2N2O5S/c26-21-10-3-2-9-20(21)24(30)28-18-7-6-8-19(16-18)34-25(31)17-11-12-22(27)23(15-17)35(32,33)29-13-4-1-5-14-29/h2-3,6-12,15-16H,1,4-5,13-14H2,(H,28,30). The molecule has 1 N–H and O–H groups in total. The number of esters is 1. The van der Waals surface area contributed by atoms with Gasteiger partial charge in [-0.1, -0.05) is 47.8 Å². The molecule has 1 aliphatic heterocycles. The van der Waals surface area contributed by atoms with Crippen molar-refractivity contribution in [1.29, 1.82) is 0 Å². The average molecular weight is 533 g/mol. The van der Waals surface area contributed by atoms with Gasteiger partial charge in [0.15, 0.2) is 0 Å². The predicted molar refractivity (Wildman–Crippen MR) is 135 cm³/mol. The van der Waals surface area contributed by atoms with Crippen LogP contribution in [0.5, 0.6) is 5.75 Å². The molecule has 4 rings (SSSR count). The number of hydrogen-bond donors (Lipinski definition) is 1. The Hall–Kier alpha value is -2.91. The van der Waals surface area contributed by atoms with Crippen LogP contribution >= 0.6 is 23.2 Å². The number of sulfonamides is 1. The maximum atomic E-state index is 13.1. The topological polar surface area (TPSA) is 92.8 Å². The van der Waals surface area contributed by atoms with E-state index in [4.69, 9.17) is 27.9 Å². The number of carbonyl (C=O) groups excluding carboxylic acids is 2. The van der Waals surface area contributed by atoms with Crippen molar-refractivity contribution in [2.24, 2.45) is 0 Å². The van der Waals surface area contributed by atoms with Crippen LogP contribution in [0.25, 0.3) is 0 Å². The molecule has 1 saturated heterocycles. The van der Waals surface area contributed by atoms with Crippen LogP contribution in [0.1, 0.15) is 40.0 Å². The molecule has 1 fully saturated rings. The minimum atomic E-state index is -3.84. The van der Waals surface area contributed by atoms with Crippen molar-refractivity contribution < 1.29 is 22.7 Å². The van der Waals surface area contributed by atoms with Gasteiger partial charge in [0.25, 0.3) is 5.91 Å². The van der Waals surface area contributed by atoms with Crippen molar-refractivity contribution in [3.63, 3.8) is 0 Å². The summed E-state index contributed by atoms with van der Waals surface area (Å²) in [6.07, 6.45) is 2.54. The third-order valence-electron chi connectivity index (χ3n) is 5.52. The molecule has 1 aliphatic rings. The minimum Gasteiger partial charge on any atom is -0.423 e. The smallest absolute Gasteiger partial charge is 0.343 e. The van der Waals surface area contributed by atoms with E-state index in [1.807, 2.05) is 0 Å². The first-order valence-corrected chi connectivity index (χ1v) is 13.1. The summed E-state index contributed by atoms with van der Waals surface area (Å²) in [6, 6.07) is 16.9. The highest BCUT2D eigenvalue weighted by atomic mass is 35.5. The van der Waals surface area contributed by atoms with Crippen molar-refractivity contribution in [1.82, 2.24) is 4.31 Å². The van der Waals surface area contributed by atoms with E-state index >= 15 is 0 Å². The third-order valence-corrected chi connectivity index (χ3v) is 8.23. The lowest BCUT2D eigenvalue weighted by atomic mass is 10.2. The van der Waals surface area contributed by atoms with Gasteiger partial charge in [0.05, 0.1) is 21.2 Å². The summed E-state index contributed by atoms with van der Waals surface area (Å²) >= 11 is 12.3. The van der Waals surface area contributed by atoms with E-state index in [1.54, 1.807) is 42.5 Å². The number of nitrogens with zero attached hydrogens (tertiary/aromatic N) is 1. The lowest BCUT2D eigenvalue weighted by Gasteiger charge is -2.26. The van der Waals surface area contributed by atoms with Crippen LogP contribution < -0.4 is 10.1 Å². The number of rotatable bonds is 6. The molecule has 0 bridgehead atoms. The molecule has 1 amide bonds. The number of ether oxygens (including phenoxy) is 1. The molecule has 1 heterocycles. The van der Waals surface area contributed by atoms with Crippen molar-refractivity contribution in [3.05, 3.63) is 87.9 Å². The fourth-order valence-electron chi connectivity index (χ4n) is 3.72. The molecule has 0 aliphatic carbocycles. The van der Waals surface area contributed by atoms with E-state index in [0.29, 0.717) is 29.4 Å². The van der Waals surface area contributed by atoms with Crippen LogP contribution in [-0.4, -0.2) is 37.7 Å². The Kier molecular flexibility index (Phi) is 7.76. The number of halogens is 2. The van der Waals surface area contributed by atoms with Gasteiger partial charge in [0, 0.05) is 24.8 Å². The number of piperidine rings is 1. The van der Waals surface area contributed by atoms with Crippen LogP contribution in [-0.2, 0) is 10.0 Å². The van der Waals surface area contributed by atoms with Gasteiger partial charge in [0.1, 0.15) is 10.6 Å². The quantitative estimate of drug-likeness (QED) is 0.327. The zero-order valence-corrected chi connectivity index (χ0v) is 20.9. The molecule has 0 radical (unpaired) electrons. The van der Waals surface area contributed by atoms with Crippen molar-refractivity contribution in [2.45, 2.75) is 24.2 Å². The molecule has 0 spiro atoms. The predicted octanol–water partition coefficient (Wildman–Crippen LogP) is 5.64. The lowest BCUT2D eigenvalue weighted by Crippen LogP contribution is -2.35. The maximum Gasteiger partial charge on any atom is 0.343 e. The Labute approximate surface area is 213 Å². The summed E-state index contributed by atoms with van der Waals surface area (Å²) < 4.78 is 33.0.